The van der Waals surface area contributed by atoms with Crippen molar-refractivity contribution in [3.8, 4) is 0 Å². The fraction of sp³-hybridized carbons (Fsp3) is 0.571. The summed E-state index contributed by atoms with van der Waals surface area (Å²) in [5, 5.41) is 11.5. The van der Waals surface area contributed by atoms with Gasteiger partial charge in [0.25, 0.3) is 0 Å². The van der Waals surface area contributed by atoms with Crippen molar-refractivity contribution in [2.24, 2.45) is 5.41 Å². The standard InChI is InChI=1S/C28H36F3NO3S/c1-5-19-14-18(13-17(2)20(19)7-6-12-32-24(35)16-33)8-9-23(34)25-21-10-11-27(3,4)15-22(21)26(36-25)28(29,30)31/h13-14,33H,5-12,15-16H2,1-4H3,(H,32,35). The van der Waals surface area contributed by atoms with Crippen LogP contribution in [0.3, 0.4) is 0 Å². The molecule has 2 N–H and O–H groups in total. The smallest absolute Gasteiger partial charge is 0.387 e. The van der Waals surface area contributed by atoms with Crippen molar-refractivity contribution in [2.75, 3.05) is 13.2 Å². The van der Waals surface area contributed by atoms with Gasteiger partial charge in [0.15, 0.2) is 5.78 Å². The maximum atomic E-state index is 13.8. The Balaban J connectivity index is 1.73. The first-order valence-corrected chi connectivity index (χ1v) is 13.4. The summed E-state index contributed by atoms with van der Waals surface area (Å²) < 4.78 is 41.3. The predicted octanol–water partition coefficient (Wildman–Crippen LogP) is 6.01. The average molecular weight is 524 g/mol. The molecule has 0 unspecified atom stereocenters. The summed E-state index contributed by atoms with van der Waals surface area (Å²) in [6.45, 7) is 8.03. The molecule has 1 amide bonds. The number of hydrogen-bond acceptors (Lipinski definition) is 4. The summed E-state index contributed by atoms with van der Waals surface area (Å²) >= 11 is 0.634. The van der Waals surface area contributed by atoms with Crippen LogP contribution in [0.2, 0.25) is 0 Å². The van der Waals surface area contributed by atoms with Crippen LogP contribution in [0.4, 0.5) is 13.2 Å². The van der Waals surface area contributed by atoms with Crippen LogP contribution < -0.4 is 5.32 Å². The molecule has 4 nitrogen and oxygen atoms in total. The van der Waals surface area contributed by atoms with Crippen molar-refractivity contribution in [1.82, 2.24) is 5.32 Å². The highest BCUT2D eigenvalue weighted by atomic mass is 32.1. The van der Waals surface area contributed by atoms with E-state index in [-0.39, 0.29) is 23.5 Å². The number of hydrogen-bond donors (Lipinski definition) is 2. The van der Waals surface area contributed by atoms with Crippen LogP contribution in [0.25, 0.3) is 0 Å². The molecule has 0 bridgehead atoms. The third kappa shape index (κ3) is 6.76. The number of Topliss-reactive ketones (excluding diaryl/α,β-unsaturated/α-hetero) is 1. The Kier molecular flexibility index (Phi) is 9.04. The molecule has 3 rings (SSSR count). The van der Waals surface area contributed by atoms with Gasteiger partial charge in [-0.1, -0.05) is 32.9 Å². The van der Waals surface area contributed by atoms with Crippen molar-refractivity contribution in [2.45, 2.75) is 85.2 Å². The zero-order chi connectivity index (χ0) is 26.7. The molecule has 0 spiro atoms. The second-order valence-electron chi connectivity index (χ2n) is 10.5. The van der Waals surface area contributed by atoms with Crippen LogP contribution in [-0.2, 0) is 43.1 Å². The molecule has 36 heavy (non-hydrogen) atoms. The zero-order valence-corrected chi connectivity index (χ0v) is 22.3. The van der Waals surface area contributed by atoms with Gasteiger partial charge in [0.2, 0.25) is 5.91 Å². The van der Waals surface area contributed by atoms with Gasteiger partial charge in [-0.25, -0.2) is 0 Å². The van der Waals surface area contributed by atoms with Crippen LogP contribution in [0.5, 0.6) is 0 Å². The first-order valence-electron chi connectivity index (χ1n) is 12.6. The van der Waals surface area contributed by atoms with Crippen molar-refractivity contribution < 1.29 is 27.9 Å². The van der Waals surface area contributed by atoms with Crippen molar-refractivity contribution in [1.29, 1.82) is 0 Å². The summed E-state index contributed by atoms with van der Waals surface area (Å²) in [6, 6.07) is 4.15. The molecule has 0 saturated carbocycles. The second kappa shape index (κ2) is 11.5. The first kappa shape index (κ1) is 28.4. The molecule has 8 heteroatoms. The average Bonchev–Trinajstić information content (AvgIpc) is 3.18. The number of fused-ring (bicyclic) bond motifs is 1. The van der Waals surface area contributed by atoms with E-state index in [1.165, 1.54) is 11.1 Å². The lowest BCUT2D eigenvalue weighted by Crippen LogP contribution is -2.27. The van der Waals surface area contributed by atoms with Gasteiger partial charge in [0.05, 0.1) is 4.88 Å². The van der Waals surface area contributed by atoms with Gasteiger partial charge in [-0.2, -0.15) is 13.2 Å². The van der Waals surface area contributed by atoms with Crippen LogP contribution in [0.15, 0.2) is 12.1 Å². The lowest BCUT2D eigenvalue weighted by atomic mass is 9.74. The molecule has 0 fully saturated rings. The largest absolute Gasteiger partial charge is 0.425 e. The molecule has 1 aliphatic carbocycles. The Morgan fingerprint density at radius 2 is 1.89 bits per heavy atom. The number of aliphatic hydroxyl groups excluding tert-OH is 1. The van der Waals surface area contributed by atoms with Crippen molar-refractivity contribution in [3.05, 3.63) is 55.3 Å². The molecule has 0 atom stereocenters. The topological polar surface area (TPSA) is 66.4 Å². The summed E-state index contributed by atoms with van der Waals surface area (Å²) in [4.78, 5) is 24.0. The molecule has 1 aliphatic rings. The number of halogens is 3. The maximum Gasteiger partial charge on any atom is 0.425 e. The van der Waals surface area contributed by atoms with Crippen LogP contribution >= 0.6 is 11.3 Å². The Morgan fingerprint density at radius 3 is 2.53 bits per heavy atom. The molecule has 1 aromatic heterocycles. The molecule has 1 aromatic carbocycles. The number of amides is 1. The molecule has 1 heterocycles. The first-order chi connectivity index (χ1) is 16.9. The van der Waals surface area contributed by atoms with E-state index < -0.39 is 17.7 Å². The number of alkyl halides is 3. The predicted molar refractivity (Wildman–Crippen MR) is 137 cm³/mol. The van der Waals surface area contributed by atoms with E-state index in [4.69, 9.17) is 5.11 Å². The number of rotatable bonds is 10. The van der Waals surface area contributed by atoms with Crippen LogP contribution in [0, 0.1) is 12.3 Å². The van der Waals surface area contributed by atoms with Gasteiger partial charge in [-0.15, -0.1) is 11.3 Å². The quantitative estimate of drug-likeness (QED) is 0.296. The number of aryl methyl sites for hydroxylation is 3. The molecule has 0 aliphatic heterocycles. The summed E-state index contributed by atoms with van der Waals surface area (Å²) in [6.07, 6.45) is 0.236. The van der Waals surface area contributed by atoms with Gasteiger partial charge < -0.3 is 10.4 Å². The highest BCUT2D eigenvalue weighted by Crippen LogP contribution is 2.47. The molecule has 0 radical (unpaired) electrons. The van der Waals surface area contributed by atoms with E-state index in [0.717, 1.165) is 36.8 Å². The summed E-state index contributed by atoms with van der Waals surface area (Å²) in [5.41, 5.74) is 5.27. The minimum absolute atomic E-state index is 0.183. The monoisotopic (exact) mass is 523 g/mol. The fourth-order valence-electron chi connectivity index (χ4n) is 5.14. The highest BCUT2D eigenvalue weighted by molar-refractivity contribution is 7.14. The van der Waals surface area contributed by atoms with E-state index in [2.05, 4.69) is 24.4 Å². The van der Waals surface area contributed by atoms with Gasteiger partial charge in [-0.05, 0) is 90.7 Å². The second-order valence-corrected chi connectivity index (χ2v) is 11.5. The number of carbonyl (C=O) groups excluding carboxylic acids is 2. The highest BCUT2D eigenvalue weighted by Gasteiger charge is 2.42. The van der Waals surface area contributed by atoms with E-state index in [1.807, 2.05) is 20.8 Å². The number of benzene rings is 1. The SMILES string of the molecule is CCc1cc(CCC(=O)c2sc(C(F)(F)F)c3c2CCC(C)(C)C3)cc(C)c1CCCNC(=O)CO. The molecule has 2 aromatic rings. The lowest BCUT2D eigenvalue weighted by molar-refractivity contribution is -0.135. The van der Waals surface area contributed by atoms with Gasteiger partial charge in [0, 0.05) is 13.0 Å². The number of thiophene rings is 1. The molecular weight excluding hydrogens is 487 g/mol. The normalized spacial score (nSPS) is 15.0. The Bertz CT molecular complexity index is 1120. The maximum absolute atomic E-state index is 13.8. The minimum atomic E-state index is -4.44. The summed E-state index contributed by atoms with van der Waals surface area (Å²) in [5.74, 6) is -0.591. The van der Waals surface area contributed by atoms with E-state index >= 15 is 0 Å². The van der Waals surface area contributed by atoms with Crippen molar-refractivity contribution >= 4 is 23.0 Å². The van der Waals surface area contributed by atoms with E-state index in [1.54, 1.807) is 0 Å². The van der Waals surface area contributed by atoms with E-state index in [9.17, 15) is 22.8 Å². The number of carbonyl (C=O) groups is 2. The number of nitrogens with one attached hydrogen (secondary N) is 1. The number of aliphatic hydroxyl groups is 1. The third-order valence-corrected chi connectivity index (χ3v) is 8.41. The van der Waals surface area contributed by atoms with Gasteiger partial charge in [0.1, 0.15) is 11.5 Å². The van der Waals surface area contributed by atoms with E-state index in [0.29, 0.717) is 53.1 Å². The fourth-order valence-corrected chi connectivity index (χ4v) is 6.35. The Hall–Kier alpha value is -2.19. The van der Waals surface area contributed by atoms with Crippen LogP contribution in [0.1, 0.15) is 88.0 Å². The summed E-state index contributed by atoms with van der Waals surface area (Å²) in [7, 11) is 0. The lowest BCUT2D eigenvalue weighted by Gasteiger charge is -2.30. The minimum Gasteiger partial charge on any atom is -0.387 e. The Morgan fingerprint density at radius 1 is 1.17 bits per heavy atom. The third-order valence-electron chi connectivity index (χ3n) is 7.05. The zero-order valence-electron chi connectivity index (χ0n) is 21.5. The van der Waals surface area contributed by atoms with Gasteiger partial charge in [-0.3, -0.25) is 9.59 Å². The van der Waals surface area contributed by atoms with Crippen molar-refractivity contribution in [3.63, 3.8) is 0 Å². The van der Waals surface area contributed by atoms with Crippen LogP contribution in [-0.4, -0.2) is 29.9 Å². The van der Waals surface area contributed by atoms with Gasteiger partial charge >= 0.3 is 6.18 Å². The molecule has 198 valence electrons. The molecule has 0 saturated heterocycles. The number of ketones is 1. The molecular formula is C28H36F3NO3S. The Labute approximate surface area is 215 Å².